The molecule has 0 saturated carbocycles. The van der Waals surface area contributed by atoms with Crippen molar-refractivity contribution >= 4 is 5.91 Å². The number of fused-ring (bicyclic) bond motifs is 1. The maximum Gasteiger partial charge on any atom is 0.426 e. The first-order chi connectivity index (χ1) is 17.0. The Morgan fingerprint density at radius 3 is 2.54 bits per heavy atom. The van der Waals surface area contributed by atoms with Gasteiger partial charge in [-0.3, -0.25) is 14.1 Å². The maximum atomic E-state index is 13.5. The second-order valence-corrected chi connectivity index (χ2v) is 8.66. The van der Waals surface area contributed by atoms with Crippen LogP contribution in [0.3, 0.4) is 0 Å². The van der Waals surface area contributed by atoms with Crippen molar-refractivity contribution in [2.24, 2.45) is 0 Å². The molecule has 0 spiro atoms. The lowest BCUT2D eigenvalue weighted by Gasteiger charge is -2.30. The normalized spacial score (nSPS) is 13.0. The number of nitrogens with zero attached hydrogens (tertiary/aromatic N) is 3. The molecule has 4 aromatic rings. The van der Waals surface area contributed by atoms with E-state index < -0.39 is 5.63 Å². The molecule has 3 heterocycles. The smallest absolute Gasteiger partial charge is 0.332 e. The number of carbonyl (C=O) groups is 1. The van der Waals surface area contributed by atoms with E-state index >= 15 is 0 Å². The number of carbonyl (C=O) groups excluding carboxylic acids is 1. The van der Waals surface area contributed by atoms with E-state index in [0.717, 1.165) is 22.4 Å². The summed E-state index contributed by atoms with van der Waals surface area (Å²) in [6.45, 7) is 1.06. The lowest BCUT2D eigenvalue weighted by molar-refractivity contribution is -0.751. The fourth-order valence-electron chi connectivity index (χ4n) is 4.48. The minimum atomic E-state index is -0.558. The molecule has 2 aromatic carbocycles. The summed E-state index contributed by atoms with van der Waals surface area (Å²) in [6.07, 6.45) is 2.17. The Bertz CT molecular complexity index is 1470. The molecule has 35 heavy (non-hydrogen) atoms. The zero-order valence-electron chi connectivity index (χ0n) is 18.9. The Hall–Kier alpha value is -4.27. The van der Waals surface area contributed by atoms with E-state index in [1.807, 2.05) is 36.4 Å². The van der Waals surface area contributed by atoms with Crippen molar-refractivity contribution in [2.45, 2.75) is 32.5 Å². The van der Waals surface area contributed by atoms with Crippen molar-refractivity contribution in [3.63, 3.8) is 0 Å². The van der Waals surface area contributed by atoms with Gasteiger partial charge in [-0.25, -0.2) is 9.18 Å². The number of pyridine rings is 1. The molecule has 5 rings (SSSR count). The van der Waals surface area contributed by atoms with Gasteiger partial charge in [0, 0.05) is 37.2 Å². The van der Waals surface area contributed by atoms with E-state index in [9.17, 15) is 18.8 Å². The quantitative estimate of drug-likeness (QED) is 0.431. The molecule has 1 aliphatic rings. The predicted octanol–water partition coefficient (Wildman–Crippen LogP) is 1.78. The van der Waals surface area contributed by atoms with E-state index in [-0.39, 0.29) is 23.8 Å². The van der Waals surface area contributed by atoms with Crippen molar-refractivity contribution in [1.82, 2.24) is 14.7 Å². The highest BCUT2D eigenvalue weighted by molar-refractivity contribution is 5.75. The molecule has 178 valence electrons. The van der Waals surface area contributed by atoms with Crippen LogP contribution in [-0.2, 0) is 37.3 Å². The molecule has 0 bridgehead atoms. The number of hydrogen-bond acceptors (Lipinski definition) is 4. The van der Waals surface area contributed by atoms with Crippen LogP contribution in [0.15, 0.2) is 81.0 Å². The van der Waals surface area contributed by atoms with E-state index in [4.69, 9.17) is 0 Å². The topological polar surface area (TPSA) is 92.2 Å². The van der Waals surface area contributed by atoms with Crippen LogP contribution < -0.4 is 15.9 Å². The minimum absolute atomic E-state index is 0.0484. The summed E-state index contributed by atoms with van der Waals surface area (Å²) in [4.78, 5) is 39.4. The summed E-state index contributed by atoms with van der Waals surface area (Å²) >= 11 is 0. The lowest BCUT2D eigenvalue weighted by Crippen LogP contribution is -2.48. The second kappa shape index (κ2) is 9.54. The first-order valence-corrected chi connectivity index (χ1v) is 11.3. The fourth-order valence-corrected chi connectivity index (χ4v) is 4.48. The molecule has 8 nitrogen and oxygen atoms in total. The van der Waals surface area contributed by atoms with Crippen LogP contribution in [-0.4, -0.2) is 27.2 Å². The van der Waals surface area contributed by atoms with Gasteiger partial charge >= 0.3 is 5.63 Å². The van der Waals surface area contributed by atoms with Crippen LogP contribution in [0.2, 0.25) is 0 Å². The number of aromatic nitrogens is 3. The van der Waals surface area contributed by atoms with E-state index in [0.29, 0.717) is 38.0 Å². The first-order valence-electron chi connectivity index (χ1n) is 11.3. The highest BCUT2D eigenvalue weighted by Crippen LogP contribution is 2.21. The standard InChI is InChI=1S/C26H23FN4O4/c27-22-8-6-19(7-9-22)14-31-23-10-11-29(24(32)16-30-17-25(33)35-28-30)15-21(23)13-20(26(31)34)12-18-4-2-1-3-5-18/h1-9,13,17H,10-12,14-16H2/p+1. The molecule has 0 saturated heterocycles. The van der Waals surface area contributed by atoms with Crippen molar-refractivity contribution in [3.8, 4) is 0 Å². The second-order valence-electron chi connectivity index (χ2n) is 8.66. The molecular formula is C26H24FN4O4+. The molecule has 0 radical (unpaired) electrons. The summed E-state index contributed by atoms with van der Waals surface area (Å²) < 4.78 is 21.1. The zero-order valence-corrected chi connectivity index (χ0v) is 18.9. The number of amides is 1. The maximum absolute atomic E-state index is 13.5. The van der Waals surface area contributed by atoms with E-state index in [2.05, 4.69) is 9.79 Å². The van der Waals surface area contributed by atoms with E-state index in [1.54, 1.807) is 21.6 Å². The summed E-state index contributed by atoms with van der Waals surface area (Å²) in [6, 6.07) is 17.8. The van der Waals surface area contributed by atoms with Crippen molar-refractivity contribution < 1.29 is 18.4 Å². The zero-order chi connectivity index (χ0) is 24.4. The molecule has 0 unspecified atom stereocenters. The van der Waals surface area contributed by atoms with Gasteiger partial charge in [-0.2, -0.15) is 0 Å². The Morgan fingerprint density at radius 2 is 1.83 bits per heavy atom. The van der Waals surface area contributed by atoms with Gasteiger partial charge in [0.15, 0.2) is 0 Å². The fraction of sp³-hybridized carbons (Fsp3) is 0.231. The van der Waals surface area contributed by atoms with Crippen LogP contribution in [0.25, 0.3) is 0 Å². The third-order valence-electron chi connectivity index (χ3n) is 6.22. The summed E-state index contributed by atoms with van der Waals surface area (Å²) in [5, 5.41) is 2.39. The van der Waals surface area contributed by atoms with E-state index in [1.165, 1.54) is 23.0 Å². The molecule has 1 N–H and O–H groups in total. The minimum Gasteiger partial charge on any atom is -0.332 e. The van der Waals surface area contributed by atoms with Gasteiger partial charge in [0.1, 0.15) is 5.82 Å². The van der Waals surface area contributed by atoms with Crippen molar-refractivity contribution in [1.29, 1.82) is 0 Å². The number of hydrogen-bond donors (Lipinski definition) is 1. The molecule has 2 aromatic heterocycles. The monoisotopic (exact) mass is 475 g/mol. The lowest BCUT2D eigenvalue weighted by atomic mass is 9.98. The Balaban J connectivity index is 1.48. The highest BCUT2D eigenvalue weighted by atomic mass is 19.1. The molecule has 0 fully saturated rings. The number of H-pyrrole nitrogens is 1. The summed E-state index contributed by atoms with van der Waals surface area (Å²) in [5.74, 6) is -0.495. The van der Waals surface area contributed by atoms with Crippen LogP contribution in [0.1, 0.15) is 27.9 Å². The first kappa shape index (κ1) is 22.5. The van der Waals surface area contributed by atoms with Crippen molar-refractivity contribution in [3.05, 3.63) is 121 Å². The number of benzene rings is 2. The van der Waals surface area contributed by atoms with Gasteiger partial charge in [0.25, 0.3) is 24.2 Å². The van der Waals surface area contributed by atoms with Crippen LogP contribution in [0.4, 0.5) is 4.39 Å². The van der Waals surface area contributed by atoms with Crippen LogP contribution in [0.5, 0.6) is 0 Å². The Labute approximate surface area is 199 Å². The molecular weight excluding hydrogens is 451 g/mol. The number of aromatic amines is 1. The number of halogens is 1. The molecule has 0 atom stereocenters. The Kier molecular flexibility index (Phi) is 6.13. The van der Waals surface area contributed by atoms with Crippen LogP contribution >= 0.6 is 0 Å². The Morgan fingerprint density at radius 1 is 1.06 bits per heavy atom. The summed E-state index contributed by atoms with van der Waals surface area (Å²) in [7, 11) is 0. The molecule has 0 aliphatic carbocycles. The number of rotatable bonds is 6. The SMILES string of the molecule is O=C(C[n+]1cc(=O)o[nH]1)N1CCc2c(cc(Cc3ccccc3)c(=O)n2Cc2ccc(F)cc2)C1. The molecule has 1 amide bonds. The third kappa shape index (κ3) is 4.98. The average Bonchev–Trinajstić information content (AvgIpc) is 3.27. The summed E-state index contributed by atoms with van der Waals surface area (Å²) in [5.41, 5.74) is 3.63. The average molecular weight is 476 g/mol. The largest absolute Gasteiger partial charge is 0.426 e. The van der Waals surface area contributed by atoms with Gasteiger partial charge in [0.05, 0.1) is 6.54 Å². The third-order valence-corrected chi connectivity index (χ3v) is 6.22. The van der Waals surface area contributed by atoms with Gasteiger partial charge in [-0.15, -0.1) is 0 Å². The van der Waals surface area contributed by atoms with Gasteiger partial charge in [0.2, 0.25) is 0 Å². The predicted molar refractivity (Wildman–Crippen MR) is 124 cm³/mol. The molecule has 9 heteroatoms. The van der Waals surface area contributed by atoms with Gasteiger partial charge in [-0.1, -0.05) is 47.1 Å². The van der Waals surface area contributed by atoms with Gasteiger partial charge in [-0.05, 0) is 40.2 Å². The number of nitrogens with one attached hydrogen (secondary N) is 1. The van der Waals surface area contributed by atoms with Crippen molar-refractivity contribution in [2.75, 3.05) is 6.54 Å². The van der Waals surface area contributed by atoms with Gasteiger partial charge < -0.3 is 9.47 Å². The highest BCUT2D eigenvalue weighted by Gasteiger charge is 2.27. The molecule has 1 aliphatic heterocycles. The van der Waals surface area contributed by atoms with Crippen LogP contribution in [0, 0.1) is 5.82 Å².